The number of H-pyrrole nitrogens is 1. The number of aromatic amines is 1. The molecule has 2 heterocycles. The fourth-order valence-corrected chi connectivity index (χ4v) is 1.67. The van der Waals surface area contributed by atoms with E-state index in [4.69, 9.17) is 5.73 Å². The van der Waals surface area contributed by atoms with E-state index in [9.17, 15) is 9.59 Å². The minimum absolute atomic E-state index is 0.139. The van der Waals surface area contributed by atoms with Crippen molar-refractivity contribution in [2.45, 2.75) is 27.7 Å². The SMILES string of the molecule is CC.CCN(Nc1ncnc2[nH]c(C(N)=O)cc12)C(C)=O. The molecule has 0 radical (unpaired) electrons. The number of carbonyl (C=O) groups excluding carboxylic acids is 2. The highest BCUT2D eigenvalue weighted by Gasteiger charge is 2.13. The number of nitrogens with two attached hydrogens (primary N) is 1. The zero-order valence-corrected chi connectivity index (χ0v) is 12.6. The van der Waals surface area contributed by atoms with Gasteiger partial charge in [-0.05, 0) is 13.0 Å². The number of hydrazine groups is 1. The van der Waals surface area contributed by atoms with Crippen molar-refractivity contribution in [2.24, 2.45) is 5.73 Å². The van der Waals surface area contributed by atoms with E-state index in [-0.39, 0.29) is 11.6 Å². The highest BCUT2D eigenvalue weighted by molar-refractivity contribution is 5.99. The summed E-state index contributed by atoms with van der Waals surface area (Å²) in [6, 6.07) is 1.55. The van der Waals surface area contributed by atoms with E-state index in [0.29, 0.717) is 23.4 Å². The first kappa shape index (κ1) is 16.4. The average Bonchev–Trinajstić information content (AvgIpc) is 2.91. The zero-order chi connectivity index (χ0) is 16.0. The number of carbonyl (C=O) groups is 2. The van der Waals surface area contributed by atoms with E-state index in [1.807, 2.05) is 20.8 Å². The molecular weight excluding hydrogens is 272 g/mol. The van der Waals surface area contributed by atoms with E-state index < -0.39 is 5.91 Å². The van der Waals surface area contributed by atoms with Crippen LogP contribution in [0.5, 0.6) is 0 Å². The van der Waals surface area contributed by atoms with Crippen LogP contribution in [0.3, 0.4) is 0 Å². The molecule has 0 aromatic carbocycles. The summed E-state index contributed by atoms with van der Waals surface area (Å²) in [5.41, 5.74) is 8.80. The Morgan fingerprint density at radius 2 is 2.05 bits per heavy atom. The van der Waals surface area contributed by atoms with Gasteiger partial charge in [-0.25, -0.2) is 9.97 Å². The lowest BCUT2D eigenvalue weighted by Gasteiger charge is -2.20. The van der Waals surface area contributed by atoms with Crippen molar-refractivity contribution in [1.82, 2.24) is 20.0 Å². The summed E-state index contributed by atoms with van der Waals surface area (Å²) in [5, 5.41) is 2.00. The maximum absolute atomic E-state index is 11.4. The third kappa shape index (κ3) is 3.68. The van der Waals surface area contributed by atoms with Gasteiger partial charge >= 0.3 is 0 Å². The van der Waals surface area contributed by atoms with Crippen LogP contribution in [-0.2, 0) is 4.79 Å². The van der Waals surface area contributed by atoms with Gasteiger partial charge in [0.15, 0.2) is 5.82 Å². The first-order valence-electron chi connectivity index (χ1n) is 6.71. The molecule has 4 N–H and O–H groups in total. The van der Waals surface area contributed by atoms with Crippen LogP contribution in [0.1, 0.15) is 38.2 Å². The van der Waals surface area contributed by atoms with Crippen molar-refractivity contribution in [1.29, 1.82) is 0 Å². The Bertz CT molecular complexity index is 637. The highest BCUT2D eigenvalue weighted by Crippen LogP contribution is 2.20. The smallest absolute Gasteiger partial charge is 0.265 e. The number of primary amides is 1. The Hall–Kier alpha value is -2.64. The first-order chi connectivity index (χ1) is 10.0. The second-order valence-corrected chi connectivity index (χ2v) is 3.91. The predicted molar refractivity (Wildman–Crippen MR) is 80.4 cm³/mol. The minimum Gasteiger partial charge on any atom is -0.364 e. The Balaban J connectivity index is 0.00000106. The molecule has 0 unspecified atom stereocenters. The van der Waals surface area contributed by atoms with E-state index >= 15 is 0 Å². The fraction of sp³-hybridized carbons (Fsp3) is 0.385. The van der Waals surface area contributed by atoms with Crippen LogP contribution in [0.4, 0.5) is 5.82 Å². The summed E-state index contributed by atoms with van der Waals surface area (Å²) in [7, 11) is 0. The average molecular weight is 292 g/mol. The normalized spacial score (nSPS) is 9.71. The van der Waals surface area contributed by atoms with Crippen molar-refractivity contribution in [2.75, 3.05) is 12.0 Å². The van der Waals surface area contributed by atoms with Gasteiger partial charge in [0.25, 0.3) is 5.91 Å². The van der Waals surface area contributed by atoms with E-state index in [2.05, 4.69) is 20.4 Å². The monoisotopic (exact) mass is 292 g/mol. The van der Waals surface area contributed by atoms with Crippen molar-refractivity contribution in [3.63, 3.8) is 0 Å². The Morgan fingerprint density at radius 3 is 2.57 bits per heavy atom. The van der Waals surface area contributed by atoms with Gasteiger partial charge in [0.2, 0.25) is 5.91 Å². The maximum Gasteiger partial charge on any atom is 0.265 e. The molecule has 0 saturated carbocycles. The molecule has 0 aliphatic rings. The summed E-state index contributed by atoms with van der Waals surface area (Å²) in [4.78, 5) is 33.3. The second-order valence-electron chi connectivity index (χ2n) is 3.91. The lowest BCUT2D eigenvalue weighted by molar-refractivity contribution is -0.127. The van der Waals surface area contributed by atoms with Crippen molar-refractivity contribution >= 4 is 28.7 Å². The van der Waals surface area contributed by atoms with Crippen LogP contribution in [0, 0.1) is 0 Å². The number of amides is 2. The Labute approximate surface area is 122 Å². The zero-order valence-electron chi connectivity index (χ0n) is 12.6. The highest BCUT2D eigenvalue weighted by atomic mass is 16.2. The molecule has 114 valence electrons. The van der Waals surface area contributed by atoms with Crippen LogP contribution in [0.2, 0.25) is 0 Å². The lowest BCUT2D eigenvalue weighted by Crippen LogP contribution is -2.34. The number of rotatable bonds is 4. The molecule has 0 saturated heterocycles. The van der Waals surface area contributed by atoms with Gasteiger partial charge < -0.3 is 10.7 Å². The molecule has 0 spiro atoms. The van der Waals surface area contributed by atoms with Gasteiger partial charge in [-0.3, -0.25) is 20.0 Å². The molecular formula is C13H20N6O2. The van der Waals surface area contributed by atoms with Gasteiger partial charge in [0.1, 0.15) is 17.7 Å². The molecule has 21 heavy (non-hydrogen) atoms. The molecule has 2 aromatic heterocycles. The number of nitrogens with zero attached hydrogens (tertiary/aromatic N) is 3. The van der Waals surface area contributed by atoms with E-state index in [1.165, 1.54) is 18.3 Å². The molecule has 2 rings (SSSR count). The van der Waals surface area contributed by atoms with Gasteiger partial charge in [0.05, 0.1) is 5.39 Å². The Kier molecular flexibility index (Phi) is 5.65. The summed E-state index contributed by atoms with van der Waals surface area (Å²) in [5.74, 6) is -0.284. The van der Waals surface area contributed by atoms with Crippen LogP contribution < -0.4 is 11.2 Å². The van der Waals surface area contributed by atoms with Crippen molar-refractivity contribution in [3.8, 4) is 0 Å². The number of fused-ring (bicyclic) bond motifs is 1. The predicted octanol–water partition coefficient (Wildman–Crippen LogP) is 1.28. The quantitative estimate of drug-likeness (QED) is 0.734. The van der Waals surface area contributed by atoms with E-state index in [0.717, 1.165) is 0 Å². The van der Waals surface area contributed by atoms with E-state index in [1.54, 1.807) is 6.07 Å². The molecule has 0 atom stereocenters. The maximum atomic E-state index is 11.4. The number of hydrogen-bond acceptors (Lipinski definition) is 5. The molecule has 8 heteroatoms. The van der Waals surface area contributed by atoms with Crippen LogP contribution in [0.15, 0.2) is 12.4 Å². The largest absolute Gasteiger partial charge is 0.364 e. The summed E-state index contributed by atoms with van der Waals surface area (Å²) in [6.45, 7) is 7.76. The summed E-state index contributed by atoms with van der Waals surface area (Å²) >= 11 is 0. The molecule has 0 aliphatic heterocycles. The summed E-state index contributed by atoms with van der Waals surface area (Å²) < 4.78 is 0. The van der Waals surface area contributed by atoms with Gasteiger partial charge in [-0.1, -0.05) is 13.8 Å². The first-order valence-corrected chi connectivity index (χ1v) is 6.71. The number of hydrogen-bond donors (Lipinski definition) is 3. The van der Waals surface area contributed by atoms with Crippen molar-refractivity contribution in [3.05, 3.63) is 18.1 Å². The molecule has 0 fully saturated rings. The topological polar surface area (TPSA) is 117 Å². The molecule has 0 bridgehead atoms. The van der Waals surface area contributed by atoms with Gasteiger partial charge in [0, 0.05) is 13.5 Å². The van der Waals surface area contributed by atoms with Gasteiger partial charge in [-0.2, -0.15) is 0 Å². The molecule has 0 aliphatic carbocycles. The van der Waals surface area contributed by atoms with Crippen LogP contribution >= 0.6 is 0 Å². The number of anilines is 1. The second kappa shape index (κ2) is 7.22. The van der Waals surface area contributed by atoms with Gasteiger partial charge in [-0.15, -0.1) is 0 Å². The Morgan fingerprint density at radius 1 is 1.38 bits per heavy atom. The lowest BCUT2D eigenvalue weighted by atomic mass is 10.3. The molecule has 2 aromatic rings. The number of aromatic nitrogens is 3. The van der Waals surface area contributed by atoms with Crippen LogP contribution in [0.25, 0.3) is 11.0 Å². The fourth-order valence-electron chi connectivity index (χ4n) is 1.67. The third-order valence-electron chi connectivity index (χ3n) is 2.63. The third-order valence-corrected chi connectivity index (χ3v) is 2.63. The summed E-state index contributed by atoms with van der Waals surface area (Å²) in [6.07, 6.45) is 1.33. The molecule has 8 nitrogen and oxygen atoms in total. The van der Waals surface area contributed by atoms with Crippen molar-refractivity contribution < 1.29 is 9.59 Å². The minimum atomic E-state index is -0.581. The molecule has 2 amide bonds. The standard InChI is InChI=1S/C11H14N6O2.C2H6/c1-3-17(6(2)18)16-11-7-4-8(9(12)19)15-10(7)13-5-14-11;1-2/h4-5H,3H2,1-2H3,(H2,12,19)(H2,13,14,15,16);1-2H3. The number of nitrogens with one attached hydrogen (secondary N) is 2. The van der Waals surface area contributed by atoms with Crippen LogP contribution in [-0.4, -0.2) is 38.3 Å².